The van der Waals surface area contributed by atoms with Gasteiger partial charge in [0.1, 0.15) is 16.9 Å². The van der Waals surface area contributed by atoms with E-state index >= 15 is 0 Å². The van der Waals surface area contributed by atoms with Gasteiger partial charge in [0.05, 0.1) is 5.56 Å². The van der Waals surface area contributed by atoms with E-state index in [0.717, 1.165) is 46.7 Å². The van der Waals surface area contributed by atoms with Gasteiger partial charge in [-0.25, -0.2) is 14.2 Å². The molecule has 2 atom stereocenters. The predicted molar refractivity (Wildman–Crippen MR) is 130 cm³/mol. The highest BCUT2D eigenvalue weighted by Gasteiger charge is 2.32. The van der Waals surface area contributed by atoms with Crippen molar-refractivity contribution in [2.24, 2.45) is 11.1 Å². The van der Waals surface area contributed by atoms with Crippen LogP contribution < -0.4 is 10.8 Å². The molecule has 4 rings (SSSR count). The summed E-state index contributed by atoms with van der Waals surface area (Å²) in [7, 11) is -3.91. The van der Waals surface area contributed by atoms with E-state index in [4.69, 9.17) is 9.56 Å². The maximum Gasteiger partial charge on any atom is 0.343 e. The zero-order valence-electron chi connectivity index (χ0n) is 18.9. The summed E-state index contributed by atoms with van der Waals surface area (Å²) in [6.07, 6.45) is 6.88. The molecule has 2 aliphatic rings. The molecule has 3 N–H and O–H groups in total. The summed E-state index contributed by atoms with van der Waals surface area (Å²) in [5, 5.41) is 17.8. The van der Waals surface area contributed by atoms with E-state index in [1.807, 2.05) is 38.1 Å². The number of nitrogens with two attached hydrogens (primary N) is 1. The molecule has 1 aliphatic heterocycles. The molecular weight excluding hydrogens is 460 g/mol. The number of benzene rings is 1. The first-order valence-electron chi connectivity index (χ1n) is 11.3. The third kappa shape index (κ3) is 4.85. The molecule has 1 aromatic carbocycles. The van der Waals surface area contributed by atoms with E-state index in [9.17, 15) is 18.3 Å². The van der Waals surface area contributed by atoms with Gasteiger partial charge in [-0.3, -0.25) is 0 Å². The molecule has 2 unspecified atom stereocenters. The monoisotopic (exact) mass is 490 g/mol. The zero-order chi connectivity index (χ0) is 23.8. The van der Waals surface area contributed by atoms with Crippen LogP contribution in [0.4, 0.5) is 0 Å². The normalized spacial score (nSPS) is 19.9. The number of hydrogen-bond acceptors (Lipinski definition) is 6. The van der Waals surface area contributed by atoms with Gasteiger partial charge in [-0.1, -0.05) is 51.0 Å². The Morgan fingerprint density at radius 2 is 1.91 bits per heavy atom. The summed E-state index contributed by atoms with van der Waals surface area (Å²) in [5.41, 5.74) is 2.10. The highest BCUT2D eigenvalue weighted by molar-refractivity contribution is 8.03. The molecule has 9 heteroatoms. The minimum Gasteiger partial charge on any atom is -0.507 e. The summed E-state index contributed by atoms with van der Waals surface area (Å²) in [4.78, 5) is 13.1. The summed E-state index contributed by atoms with van der Waals surface area (Å²) in [5.74, 6) is 0.244. The molecule has 1 aromatic heterocycles. The third-order valence-electron chi connectivity index (χ3n) is 6.37. The first kappa shape index (κ1) is 23.9. The molecule has 0 saturated carbocycles. The van der Waals surface area contributed by atoms with E-state index in [-0.39, 0.29) is 17.2 Å². The van der Waals surface area contributed by atoms with Crippen LogP contribution in [0.3, 0.4) is 0 Å². The van der Waals surface area contributed by atoms with Crippen LogP contribution in [0.1, 0.15) is 78.8 Å². The van der Waals surface area contributed by atoms with Gasteiger partial charge in [-0.05, 0) is 41.7 Å². The molecule has 7 nitrogen and oxygen atoms in total. The Kier molecular flexibility index (Phi) is 6.93. The summed E-state index contributed by atoms with van der Waals surface area (Å²) < 4.78 is 30.9. The Labute approximate surface area is 198 Å². The Balaban J connectivity index is 1.79. The second-order valence-corrected chi connectivity index (χ2v) is 11.5. The Bertz CT molecular complexity index is 1220. The van der Waals surface area contributed by atoms with Crippen LogP contribution in [-0.2, 0) is 23.1 Å². The quantitative estimate of drug-likeness (QED) is 0.637. The van der Waals surface area contributed by atoms with Gasteiger partial charge in [0.25, 0.3) is 10.2 Å². The van der Waals surface area contributed by atoms with Gasteiger partial charge in [0.2, 0.25) is 0 Å². The van der Waals surface area contributed by atoms with E-state index in [2.05, 4.69) is 0 Å². The second kappa shape index (κ2) is 9.56. The molecule has 0 bridgehead atoms. The van der Waals surface area contributed by atoms with Crippen LogP contribution in [0.25, 0.3) is 0 Å². The molecule has 0 fully saturated rings. The molecule has 178 valence electrons. The molecule has 2 aromatic rings. The van der Waals surface area contributed by atoms with Crippen molar-refractivity contribution in [3.05, 3.63) is 74.3 Å². The van der Waals surface area contributed by atoms with Crippen molar-refractivity contribution < 1.29 is 17.9 Å². The van der Waals surface area contributed by atoms with Crippen LogP contribution in [-0.4, -0.2) is 17.8 Å². The maximum absolute atomic E-state index is 13.1. The number of fused-ring (bicyclic) bond motifs is 1. The van der Waals surface area contributed by atoms with Crippen molar-refractivity contribution in [3.8, 4) is 5.75 Å². The standard InChI is InChI=1S/C24H30N2O5S2/c1-15(2)20(21-22(27)18-10-5-3-4-6-11-19(18)31-24(21)28)16-8-7-9-17(14-16)23-26(12-13-32-23)33(25,29)30/h7-9,12-15,20,23,27H,3-6,10-11H2,1-2H3,(H2,25,29,30). The van der Waals surface area contributed by atoms with Crippen molar-refractivity contribution in [1.29, 1.82) is 0 Å². The number of aryl methyl sites for hydroxylation is 1. The SMILES string of the molecule is CC(C)C(c1cccc(C2SC=CN2S(N)(=O)=O)c1)c1c(O)c2c(oc1=O)CCCCCC2. The number of nitrogens with zero attached hydrogens (tertiary/aromatic N) is 1. The second-order valence-electron chi connectivity index (χ2n) is 9.01. The molecule has 2 heterocycles. The van der Waals surface area contributed by atoms with E-state index in [1.165, 1.54) is 18.0 Å². The van der Waals surface area contributed by atoms with Crippen LogP contribution in [0.5, 0.6) is 5.75 Å². The largest absolute Gasteiger partial charge is 0.507 e. The van der Waals surface area contributed by atoms with Crippen molar-refractivity contribution in [3.63, 3.8) is 0 Å². The van der Waals surface area contributed by atoms with Gasteiger partial charge in [0, 0.05) is 24.1 Å². The van der Waals surface area contributed by atoms with Crippen molar-refractivity contribution >= 4 is 22.0 Å². The molecule has 0 radical (unpaired) electrons. The van der Waals surface area contributed by atoms with Crippen LogP contribution in [0.15, 0.2) is 45.1 Å². The zero-order valence-corrected chi connectivity index (χ0v) is 20.5. The van der Waals surface area contributed by atoms with Crippen LogP contribution >= 0.6 is 11.8 Å². The van der Waals surface area contributed by atoms with Gasteiger partial charge < -0.3 is 9.52 Å². The third-order valence-corrected chi connectivity index (χ3v) is 8.46. The molecule has 33 heavy (non-hydrogen) atoms. The van der Waals surface area contributed by atoms with Gasteiger partial charge in [-0.2, -0.15) is 8.42 Å². The van der Waals surface area contributed by atoms with Crippen molar-refractivity contribution in [2.75, 3.05) is 0 Å². The fourth-order valence-electron chi connectivity index (χ4n) is 4.84. The smallest absolute Gasteiger partial charge is 0.343 e. The minimum atomic E-state index is -3.91. The number of aromatic hydroxyl groups is 1. The number of hydrogen-bond donors (Lipinski definition) is 2. The highest BCUT2D eigenvalue weighted by Crippen LogP contribution is 2.43. The van der Waals surface area contributed by atoms with Crippen LogP contribution in [0, 0.1) is 5.92 Å². The lowest BCUT2D eigenvalue weighted by molar-refractivity contribution is 0.376. The fraction of sp³-hybridized carbons (Fsp3) is 0.458. The summed E-state index contributed by atoms with van der Waals surface area (Å²) >= 11 is 1.34. The molecule has 0 amide bonds. The van der Waals surface area contributed by atoms with Gasteiger partial charge in [-0.15, -0.1) is 11.8 Å². The van der Waals surface area contributed by atoms with Gasteiger partial charge in [0.15, 0.2) is 0 Å². The maximum atomic E-state index is 13.1. The lowest BCUT2D eigenvalue weighted by Gasteiger charge is -2.26. The van der Waals surface area contributed by atoms with E-state index in [0.29, 0.717) is 18.6 Å². The molecular formula is C24H30N2O5S2. The summed E-state index contributed by atoms with van der Waals surface area (Å²) in [6.45, 7) is 3.99. The first-order valence-corrected chi connectivity index (χ1v) is 13.7. The lowest BCUT2D eigenvalue weighted by Crippen LogP contribution is -2.32. The average molecular weight is 491 g/mol. The fourth-order valence-corrected chi connectivity index (χ4v) is 6.89. The first-order chi connectivity index (χ1) is 15.7. The topological polar surface area (TPSA) is 114 Å². The van der Waals surface area contributed by atoms with E-state index < -0.39 is 27.1 Å². The minimum absolute atomic E-state index is 0.00986. The predicted octanol–water partition coefficient (Wildman–Crippen LogP) is 4.51. The van der Waals surface area contributed by atoms with Crippen molar-refractivity contribution in [2.45, 2.75) is 63.7 Å². The summed E-state index contributed by atoms with van der Waals surface area (Å²) in [6, 6.07) is 7.47. The number of rotatable bonds is 5. The Morgan fingerprint density at radius 1 is 1.18 bits per heavy atom. The number of thioether (sulfide) groups is 1. The molecule has 0 saturated heterocycles. The molecule has 1 aliphatic carbocycles. The molecule has 0 spiro atoms. The van der Waals surface area contributed by atoms with Crippen LogP contribution in [0.2, 0.25) is 0 Å². The highest BCUT2D eigenvalue weighted by atomic mass is 32.2. The lowest BCUT2D eigenvalue weighted by atomic mass is 9.81. The van der Waals surface area contributed by atoms with Crippen molar-refractivity contribution in [1.82, 2.24) is 4.31 Å². The Morgan fingerprint density at radius 3 is 2.61 bits per heavy atom. The van der Waals surface area contributed by atoms with E-state index in [1.54, 1.807) is 5.41 Å². The van der Waals surface area contributed by atoms with Gasteiger partial charge >= 0.3 is 5.63 Å². The average Bonchev–Trinajstić information content (AvgIpc) is 3.23. The Hall–Kier alpha value is -2.23.